The van der Waals surface area contributed by atoms with Gasteiger partial charge in [-0.3, -0.25) is 4.79 Å². The second kappa shape index (κ2) is 3.89. The summed E-state index contributed by atoms with van der Waals surface area (Å²) in [4.78, 5) is 12.3. The molecule has 1 aliphatic carbocycles. The Balaban J connectivity index is 2.29. The van der Waals surface area contributed by atoms with Crippen LogP contribution < -0.4 is 0 Å². The summed E-state index contributed by atoms with van der Waals surface area (Å²) >= 11 is 1.75. The zero-order chi connectivity index (χ0) is 10.9. The van der Waals surface area contributed by atoms with Crippen molar-refractivity contribution in [2.45, 2.75) is 30.1 Å². The number of aliphatic carboxylic acids is 1. The van der Waals surface area contributed by atoms with Gasteiger partial charge in [0.15, 0.2) is 0 Å². The number of carboxylic acid groups (broad SMARTS) is 1. The topological polar surface area (TPSA) is 37.3 Å². The molecule has 1 aliphatic rings. The van der Waals surface area contributed by atoms with Crippen molar-refractivity contribution in [2.24, 2.45) is 0 Å². The summed E-state index contributed by atoms with van der Waals surface area (Å²) < 4.78 is 0. The number of benzene rings is 1. The molecule has 1 N–H and O–H groups in total. The van der Waals surface area contributed by atoms with Gasteiger partial charge >= 0.3 is 5.97 Å². The minimum atomic E-state index is -0.679. The zero-order valence-corrected chi connectivity index (χ0v) is 9.51. The van der Waals surface area contributed by atoms with Crippen LogP contribution >= 0.6 is 11.8 Å². The predicted molar refractivity (Wildman–Crippen MR) is 61.4 cm³/mol. The van der Waals surface area contributed by atoms with E-state index >= 15 is 0 Å². The lowest BCUT2D eigenvalue weighted by Gasteiger charge is -2.11. The van der Waals surface area contributed by atoms with Crippen LogP contribution in [0.4, 0.5) is 0 Å². The fourth-order valence-electron chi connectivity index (χ4n) is 1.80. The SMILES string of the molecule is CCSc1cccc(C2(C(=O)O)CC2)c1. The highest BCUT2D eigenvalue weighted by Crippen LogP contribution is 2.48. The van der Waals surface area contributed by atoms with Crippen LogP contribution in [0.15, 0.2) is 29.2 Å². The Morgan fingerprint density at radius 2 is 2.27 bits per heavy atom. The molecule has 1 aromatic carbocycles. The van der Waals surface area contributed by atoms with E-state index in [1.165, 1.54) is 4.90 Å². The summed E-state index contributed by atoms with van der Waals surface area (Å²) in [5.74, 6) is 0.338. The highest BCUT2D eigenvalue weighted by molar-refractivity contribution is 7.99. The van der Waals surface area contributed by atoms with E-state index in [0.29, 0.717) is 0 Å². The van der Waals surface area contributed by atoms with Crippen molar-refractivity contribution in [1.82, 2.24) is 0 Å². The first-order valence-electron chi connectivity index (χ1n) is 5.16. The highest BCUT2D eigenvalue weighted by Gasteiger charge is 2.51. The van der Waals surface area contributed by atoms with Crippen molar-refractivity contribution < 1.29 is 9.90 Å². The Morgan fingerprint density at radius 1 is 1.53 bits per heavy atom. The van der Waals surface area contributed by atoms with Crippen molar-refractivity contribution >= 4 is 17.7 Å². The van der Waals surface area contributed by atoms with E-state index in [9.17, 15) is 9.90 Å². The monoisotopic (exact) mass is 222 g/mol. The lowest BCUT2D eigenvalue weighted by molar-refractivity contribution is -0.140. The summed E-state index contributed by atoms with van der Waals surface area (Å²) in [5, 5.41) is 9.17. The van der Waals surface area contributed by atoms with E-state index < -0.39 is 11.4 Å². The largest absolute Gasteiger partial charge is 0.481 e. The van der Waals surface area contributed by atoms with Gasteiger partial charge in [-0.05, 0) is 36.3 Å². The van der Waals surface area contributed by atoms with Gasteiger partial charge in [-0.1, -0.05) is 19.1 Å². The van der Waals surface area contributed by atoms with Crippen molar-refractivity contribution in [1.29, 1.82) is 0 Å². The summed E-state index contributed by atoms with van der Waals surface area (Å²) in [6, 6.07) is 7.95. The molecule has 0 saturated heterocycles. The molecule has 0 amide bonds. The van der Waals surface area contributed by atoms with Crippen molar-refractivity contribution in [2.75, 3.05) is 5.75 Å². The first-order chi connectivity index (χ1) is 7.19. The molecular weight excluding hydrogens is 208 g/mol. The fourth-order valence-corrected chi connectivity index (χ4v) is 2.52. The quantitative estimate of drug-likeness (QED) is 0.796. The van der Waals surface area contributed by atoms with E-state index in [4.69, 9.17) is 0 Å². The molecule has 0 bridgehead atoms. The van der Waals surface area contributed by atoms with Gasteiger partial charge in [0.2, 0.25) is 0 Å². The van der Waals surface area contributed by atoms with Crippen LogP contribution in [0.25, 0.3) is 0 Å². The van der Waals surface area contributed by atoms with Crippen molar-refractivity contribution in [3.8, 4) is 0 Å². The number of thioether (sulfide) groups is 1. The standard InChI is InChI=1S/C12H14O2S/c1-2-15-10-5-3-4-9(8-10)12(6-7-12)11(13)14/h3-5,8H,2,6-7H2,1H3,(H,13,14). The number of hydrogen-bond acceptors (Lipinski definition) is 2. The molecule has 0 atom stereocenters. The van der Waals surface area contributed by atoms with Crippen LogP contribution in [0.5, 0.6) is 0 Å². The average Bonchev–Trinajstić information content (AvgIpc) is 2.99. The molecule has 0 unspecified atom stereocenters. The van der Waals surface area contributed by atoms with Crippen LogP contribution in [0, 0.1) is 0 Å². The number of hydrogen-bond donors (Lipinski definition) is 1. The molecule has 0 radical (unpaired) electrons. The maximum Gasteiger partial charge on any atom is 0.314 e. The number of carboxylic acids is 1. The lowest BCUT2D eigenvalue weighted by atomic mass is 9.96. The Hall–Kier alpha value is -0.960. The third kappa shape index (κ3) is 1.88. The van der Waals surface area contributed by atoms with Gasteiger partial charge < -0.3 is 5.11 Å². The van der Waals surface area contributed by atoms with Gasteiger partial charge in [0.1, 0.15) is 0 Å². The molecular formula is C12H14O2S. The van der Waals surface area contributed by atoms with Crippen molar-refractivity contribution in [3.63, 3.8) is 0 Å². The molecule has 0 aliphatic heterocycles. The van der Waals surface area contributed by atoms with Gasteiger partial charge in [0.05, 0.1) is 5.41 Å². The Kier molecular flexibility index (Phi) is 2.74. The van der Waals surface area contributed by atoms with E-state index in [-0.39, 0.29) is 0 Å². The second-order valence-corrected chi connectivity index (χ2v) is 5.19. The molecule has 0 spiro atoms. The third-order valence-electron chi connectivity index (χ3n) is 2.86. The third-order valence-corrected chi connectivity index (χ3v) is 3.73. The predicted octanol–water partition coefficient (Wildman–Crippen LogP) is 2.91. The smallest absolute Gasteiger partial charge is 0.314 e. The summed E-state index contributed by atoms with van der Waals surface area (Å²) in [7, 11) is 0. The average molecular weight is 222 g/mol. The van der Waals surface area contributed by atoms with Gasteiger partial charge in [-0.15, -0.1) is 11.8 Å². The number of carbonyl (C=O) groups is 1. The minimum absolute atomic E-state index is 0.565. The maximum absolute atomic E-state index is 11.1. The molecule has 80 valence electrons. The summed E-state index contributed by atoms with van der Waals surface area (Å²) in [6.45, 7) is 2.10. The summed E-state index contributed by atoms with van der Waals surface area (Å²) in [6.07, 6.45) is 1.56. The van der Waals surface area contributed by atoms with E-state index in [1.54, 1.807) is 11.8 Å². The highest BCUT2D eigenvalue weighted by atomic mass is 32.2. The van der Waals surface area contributed by atoms with Gasteiger partial charge in [0, 0.05) is 4.90 Å². The van der Waals surface area contributed by atoms with E-state index in [0.717, 1.165) is 24.2 Å². The Morgan fingerprint density at radius 3 is 2.80 bits per heavy atom. The zero-order valence-electron chi connectivity index (χ0n) is 8.69. The first-order valence-corrected chi connectivity index (χ1v) is 6.14. The summed E-state index contributed by atoms with van der Waals surface area (Å²) in [5.41, 5.74) is 0.401. The Bertz CT molecular complexity index is 383. The van der Waals surface area contributed by atoms with Crippen molar-refractivity contribution in [3.05, 3.63) is 29.8 Å². The van der Waals surface area contributed by atoms with Gasteiger partial charge in [-0.2, -0.15) is 0 Å². The van der Waals surface area contributed by atoms with E-state index in [2.05, 4.69) is 6.92 Å². The van der Waals surface area contributed by atoms with E-state index in [1.807, 2.05) is 24.3 Å². The van der Waals surface area contributed by atoms with Crippen LogP contribution in [0.1, 0.15) is 25.3 Å². The van der Waals surface area contributed by atoms with Gasteiger partial charge in [-0.25, -0.2) is 0 Å². The fraction of sp³-hybridized carbons (Fsp3) is 0.417. The van der Waals surface area contributed by atoms with Crippen LogP contribution in [-0.4, -0.2) is 16.8 Å². The molecule has 1 aromatic rings. The number of rotatable bonds is 4. The molecule has 1 fully saturated rings. The maximum atomic E-state index is 11.1. The molecule has 0 aromatic heterocycles. The normalized spacial score (nSPS) is 17.4. The van der Waals surface area contributed by atoms with Crippen LogP contribution in [0.2, 0.25) is 0 Å². The molecule has 0 heterocycles. The van der Waals surface area contributed by atoms with Gasteiger partial charge in [0.25, 0.3) is 0 Å². The molecule has 3 heteroatoms. The molecule has 2 nitrogen and oxygen atoms in total. The lowest BCUT2D eigenvalue weighted by Crippen LogP contribution is -2.19. The molecule has 2 rings (SSSR count). The molecule has 15 heavy (non-hydrogen) atoms. The van der Waals surface area contributed by atoms with Crippen LogP contribution in [-0.2, 0) is 10.2 Å². The second-order valence-electron chi connectivity index (χ2n) is 3.85. The minimum Gasteiger partial charge on any atom is -0.481 e. The first kappa shape index (κ1) is 10.6. The Labute approximate surface area is 93.7 Å². The van der Waals surface area contributed by atoms with Crippen LogP contribution in [0.3, 0.4) is 0 Å². The molecule has 1 saturated carbocycles.